The van der Waals surface area contributed by atoms with E-state index in [2.05, 4.69) is 5.32 Å². The Morgan fingerprint density at radius 3 is 2.60 bits per heavy atom. The molecule has 0 spiro atoms. The topological polar surface area (TPSA) is 64.3 Å². The second-order valence-corrected chi connectivity index (χ2v) is 5.42. The fraction of sp³-hybridized carbons (Fsp3) is 0.562. The van der Waals surface area contributed by atoms with E-state index in [-0.39, 0.29) is 11.8 Å². The van der Waals surface area contributed by atoms with Crippen molar-refractivity contribution in [2.45, 2.75) is 45.1 Å². The van der Waals surface area contributed by atoms with Gasteiger partial charge in [0.1, 0.15) is 5.75 Å². The second kappa shape index (κ2) is 7.29. The lowest BCUT2D eigenvalue weighted by Gasteiger charge is -2.16. The smallest absolute Gasteiger partial charge is 0.227 e. The number of carbonyl (C=O) groups is 1. The lowest BCUT2D eigenvalue weighted by molar-refractivity contribution is -0.120. The van der Waals surface area contributed by atoms with Crippen LogP contribution in [0.3, 0.4) is 0 Å². The first kappa shape index (κ1) is 14.9. The van der Waals surface area contributed by atoms with E-state index in [0.717, 1.165) is 36.9 Å². The van der Waals surface area contributed by atoms with Crippen molar-refractivity contribution in [2.75, 3.05) is 12.4 Å². The van der Waals surface area contributed by atoms with E-state index in [1.54, 1.807) is 7.11 Å². The van der Waals surface area contributed by atoms with Gasteiger partial charge in [-0.05, 0) is 30.5 Å². The summed E-state index contributed by atoms with van der Waals surface area (Å²) in [5, 5.41) is 3.01. The number of nitrogens with one attached hydrogen (secondary N) is 1. The molecule has 1 aliphatic rings. The van der Waals surface area contributed by atoms with Gasteiger partial charge in [0, 0.05) is 12.5 Å². The fourth-order valence-corrected chi connectivity index (χ4v) is 2.74. The average molecular weight is 276 g/mol. The van der Waals surface area contributed by atoms with Gasteiger partial charge in [-0.1, -0.05) is 31.7 Å². The van der Waals surface area contributed by atoms with Crippen molar-refractivity contribution in [3.63, 3.8) is 0 Å². The second-order valence-electron chi connectivity index (χ2n) is 5.42. The molecule has 0 unspecified atom stereocenters. The summed E-state index contributed by atoms with van der Waals surface area (Å²) >= 11 is 0. The molecule has 0 atom stereocenters. The minimum absolute atomic E-state index is 0.116. The number of amides is 1. The molecule has 1 aliphatic carbocycles. The quantitative estimate of drug-likeness (QED) is 0.831. The molecule has 2 rings (SSSR count). The third kappa shape index (κ3) is 3.73. The molecule has 0 heterocycles. The molecule has 110 valence electrons. The molecule has 1 fully saturated rings. The van der Waals surface area contributed by atoms with Gasteiger partial charge in [-0.3, -0.25) is 4.79 Å². The zero-order valence-electron chi connectivity index (χ0n) is 12.2. The minimum atomic E-state index is 0.116. The lowest BCUT2D eigenvalue weighted by atomic mass is 9.99. The lowest BCUT2D eigenvalue weighted by Crippen LogP contribution is -2.22. The van der Waals surface area contributed by atoms with E-state index in [0.29, 0.717) is 12.3 Å². The van der Waals surface area contributed by atoms with Gasteiger partial charge in [0.15, 0.2) is 0 Å². The van der Waals surface area contributed by atoms with Crippen molar-refractivity contribution in [3.05, 3.63) is 23.8 Å². The van der Waals surface area contributed by atoms with Crippen LogP contribution in [-0.4, -0.2) is 13.0 Å². The zero-order chi connectivity index (χ0) is 14.4. The van der Waals surface area contributed by atoms with Gasteiger partial charge in [0.25, 0.3) is 0 Å². The number of rotatable bonds is 4. The Labute approximate surface area is 120 Å². The molecule has 1 aromatic carbocycles. The summed E-state index contributed by atoms with van der Waals surface area (Å²) < 4.78 is 5.33. The van der Waals surface area contributed by atoms with E-state index in [1.165, 1.54) is 12.8 Å². The summed E-state index contributed by atoms with van der Waals surface area (Å²) in [5.74, 6) is 0.928. The molecule has 1 amide bonds. The van der Waals surface area contributed by atoms with E-state index in [9.17, 15) is 4.79 Å². The standard InChI is InChI=1S/C16H24N2O2/c1-20-15-10-12(11-17)8-9-14(15)18-16(19)13-6-4-2-3-5-7-13/h8-10,13H,2-7,11,17H2,1H3,(H,18,19). The number of carbonyl (C=O) groups excluding carboxylic acids is 1. The van der Waals surface area contributed by atoms with Crippen LogP contribution in [0, 0.1) is 5.92 Å². The Kier molecular flexibility index (Phi) is 5.41. The maximum Gasteiger partial charge on any atom is 0.227 e. The van der Waals surface area contributed by atoms with Crippen LogP contribution >= 0.6 is 0 Å². The van der Waals surface area contributed by atoms with Crippen LogP contribution in [0.15, 0.2) is 18.2 Å². The predicted molar refractivity (Wildman–Crippen MR) is 80.7 cm³/mol. The Bertz CT molecular complexity index is 452. The van der Waals surface area contributed by atoms with Gasteiger partial charge in [-0.25, -0.2) is 0 Å². The van der Waals surface area contributed by atoms with Crippen molar-refractivity contribution in [1.82, 2.24) is 0 Å². The van der Waals surface area contributed by atoms with Crippen molar-refractivity contribution >= 4 is 11.6 Å². The largest absolute Gasteiger partial charge is 0.495 e. The highest BCUT2D eigenvalue weighted by molar-refractivity contribution is 5.94. The molecular formula is C16H24N2O2. The summed E-state index contributed by atoms with van der Waals surface area (Å²) in [6, 6.07) is 5.67. The third-order valence-corrected chi connectivity index (χ3v) is 3.99. The number of benzene rings is 1. The van der Waals surface area contributed by atoms with Crippen LogP contribution in [0.4, 0.5) is 5.69 Å². The van der Waals surface area contributed by atoms with Gasteiger partial charge in [0.2, 0.25) is 5.91 Å². The molecule has 0 aliphatic heterocycles. The Balaban J connectivity index is 2.06. The van der Waals surface area contributed by atoms with Gasteiger partial charge in [-0.15, -0.1) is 0 Å². The Morgan fingerprint density at radius 2 is 2.00 bits per heavy atom. The SMILES string of the molecule is COc1cc(CN)ccc1NC(=O)C1CCCCCC1. The van der Waals surface area contributed by atoms with Gasteiger partial charge >= 0.3 is 0 Å². The molecule has 0 radical (unpaired) electrons. The van der Waals surface area contributed by atoms with E-state index in [4.69, 9.17) is 10.5 Å². The van der Waals surface area contributed by atoms with Crippen LogP contribution in [-0.2, 0) is 11.3 Å². The highest BCUT2D eigenvalue weighted by atomic mass is 16.5. The van der Waals surface area contributed by atoms with Crippen molar-refractivity contribution in [1.29, 1.82) is 0 Å². The third-order valence-electron chi connectivity index (χ3n) is 3.99. The van der Waals surface area contributed by atoms with Crippen LogP contribution in [0.2, 0.25) is 0 Å². The summed E-state index contributed by atoms with van der Waals surface area (Å²) in [6.45, 7) is 0.465. The summed E-state index contributed by atoms with van der Waals surface area (Å²) in [7, 11) is 1.61. The molecule has 0 bridgehead atoms. The maximum absolute atomic E-state index is 12.4. The number of ether oxygens (including phenoxy) is 1. The zero-order valence-corrected chi connectivity index (χ0v) is 12.2. The highest BCUT2D eigenvalue weighted by Crippen LogP contribution is 2.28. The molecule has 0 saturated heterocycles. The summed E-state index contributed by atoms with van der Waals surface area (Å²) in [5.41, 5.74) is 7.35. The first-order valence-electron chi connectivity index (χ1n) is 7.42. The van der Waals surface area contributed by atoms with E-state index in [1.807, 2.05) is 18.2 Å². The number of hydrogen-bond donors (Lipinski definition) is 2. The average Bonchev–Trinajstić information content (AvgIpc) is 2.76. The summed E-state index contributed by atoms with van der Waals surface area (Å²) in [6.07, 6.45) is 6.79. The van der Waals surface area contributed by atoms with E-state index < -0.39 is 0 Å². The van der Waals surface area contributed by atoms with Gasteiger partial charge < -0.3 is 15.8 Å². The normalized spacial score (nSPS) is 16.5. The van der Waals surface area contributed by atoms with Crippen molar-refractivity contribution < 1.29 is 9.53 Å². The molecule has 4 nitrogen and oxygen atoms in total. The van der Waals surface area contributed by atoms with Gasteiger partial charge in [0.05, 0.1) is 12.8 Å². The monoisotopic (exact) mass is 276 g/mol. The van der Waals surface area contributed by atoms with Crippen LogP contribution in [0.1, 0.15) is 44.1 Å². The molecule has 1 aromatic rings. The fourth-order valence-electron chi connectivity index (χ4n) is 2.74. The molecule has 3 N–H and O–H groups in total. The molecular weight excluding hydrogens is 252 g/mol. The molecule has 20 heavy (non-hydrogen) atoms. The minimum Gasteiger partial charge on any atom is -0.495 e. The molecule has 1 saturated carbocycles. The first-order valence-corrected chi connectivity index (χ1v) is 7.42. The Morgan fingerprint density at radius 1 is 1.30 bits per heavy atom. The predicted octanol–water partition coefficient (Wildman–Crippen LogP) is 3.06. The van der Waals surface area contributed by atoms with Crippen molar-refractivity contribution in [2.24, 2.45) is 11.7 Å². The summed E-state index contributed by atoms with van der Waals surface area (Å²) in [4.78, 5) is 12.4. The van der Waals surface area contributed by atoms with Crippen LogP contribution in [0.5, 0.6) is 5.75 Å². The molecule has 0 aromatic heterocycles. The highest BCUT2D eigenvalue weighted by Gasteiger charge is 2.21. The van der Waals surface area contributed by atoms with Gasteiger partial charge in [-0.2, -0.15) is 0 Å². The Hall–Kier alpha value is -1.55. The van der Waals surface area contributed by atoms with Crippen LogP contribution in [0.25, 0.3) is 0 Å². The van der Waals surface area contributed by atoms with Crippen LogP contribution < -0.4 is 15.8 Å². The first-order chi connectivity index (χ1) is 9.74. The number of hydrogen-bond acceptors (Lipinski definition) is 3. The number of nitrogens with two attached hydrogens (primary N) is 1. The maximum atomic E-state index is 12.4. The van der Waals surface area contributed by atoms with Crippen molar-refractivity contribution in [3.8, 4) is 5.75 Å². The molecule has 4 heteroatoms. The number of anilines is 1. The van der Waals surface area contributed by atoms with E-state index >= 15 is 0 Å². The number of methoxy groups -OCH3 is 1.